The van der Waals surface area contributed by atoms with Crippen LogP contribution in [0, 0.1) is 0 Å². The predicted octanol–water partition coefficient (Wildman–Crippen LogP) is 2.97. The summed E-state index contributed by atoms with van der Waals surface area (Å²) in [7, 11) is -3.52. The molecular formula is C14H20ClNO3S. The molecule has 2 rings (SSSR count). The Hall–Kier alpha value is -0.620. The smallest absolute Gasteiger partial charge is 0.240 e. The Bertz CT molecular complexity index is 528. The zero-order valence-electron chi connectivity index (χ0n) is 11.5. The van der Waals surface area contributed by atoms with Gasteiger partial charge in [-0.05, 0) is 44.0 Å². The summed E-state index contributed by atoms with van der Waals surface area (Å²) in [6, 6.07) is 6.05. The summed E-state index contributed by atoms with van der Waals surface area (Å²) in [5.74, 6) is 0. The number of sulfonamides is 1. The molecule has 112 valence electrons. The quantitative estimate of drug-likeness (QED) is 0.908. The molecule has 0 saturated heterocycles. The fourth-order valence-electron chi connectivity index (χ4n) is 2.53. The summed E-state index contributed by atoms with van der Waals surface area (Å²) in [6.07, 6.45) is 3.80. The topological polar surface area (TPSA) is 55.4 Å². The molecule has 0 spiro atoms. The largest absolute Gasteiger partial charge is 0.377 e. The molecule has 1 N–H and O–H groups in total. The van der Waals surface area contributed by atoms with Crippen molar-refractivity contribution in [2.45, 2.75) is 49.6 Å². The normalized spacial score (nSPS) is 23.7. The lowest BCUT2D eigenvalue weighted by Crippen LogP contribution is -2.46. The van der Waals surface area contributed by atoms with Gasteiger partial charge in [0, 0.05) is 17.7 Å². The average Bonchev–Trinajstić information content (AvgIpc) is 2.41. The molecule has 1 aromatic carbocycles. The second-order valence-electron chi connectivity index (χ2n) is 4.96. The summed E-state index contributed by atoms with van der Waals surface area (Å²) >= 11 is 5.78. The Morgan fingerprint density at radius 3 is 2.55 bits per heavy atom. The molecule has 0 radical (unpaired) electrons. The Labute approximate surface area is 125 Å². The van der Waals surface area contributed by atoms with Crippen molar-refractivity contribution in [3.63, 3.8) is 0 Å². The lowest BCUT2D eigenvalue weighted by molar-refractivity contribution is 0.0184. The minimum atomic E-state index is -3.52. The van der Waals surface area contributed by atoms with E-state index < -0.39 is 10.0 Å². The van der Waals surface area contributed by atoms with Crippen molar-refractivity contribution in [2.75, 3.05) is 6.61 Å². The van der Waals surface area contributed by atoms with E-state index in [1.54, 1.807) is 12.1 Å². The maximum absolute atomic E-state index is 12.4. The van der Waals surface area contributed by atoms with Gasteiger partial charge in [0.1, 0.15) is 0 Å². The summed E-state index contributed by atoms with van der Waals surface area (Å²) in [5, 5.41) is 0.522. The second-order valence-corrected chi connectivity index (χ2v) is 7.11. The molecule has 6 heteroatoms. The van der Waals surface area contributed by atoms with Gasteiger partial charge in [0.05, 0.1) is 11.0 Å². The van der Waals surface area contributed by atoms with E-state index in [1.165, 1.54) is 12.1 Å². The highest BCUT2D eigenvalue weighted by molar-refractivity contribution is 7.89. The van der Waals surface area contributed by atoms with Crippen molar-refractivity contribution in [1.82, 2.24) is 4.72 Å². The van der Waals surface area contributed by atoms with Crippen molar-refractivity contribution in [3.8, 4) is 0 Å². The molecule has 0 bridgehead atoms. The molecule has 1 aromatic rings. The van der Waals surface area contributed by atoms with Gasteiger partial charge in [-0.1, -0.05) is 24.4 Å². The molecule has 1 fully saturated rings. The third-order valence-electron chi connectivity index (χ3n) is 3.51. The van der Waals surface area contributed by atoms with Crippen LogP contribution in [0.4, 0.5) is 0 Å². The number of benzene rings is 1. The molecule has 20 heavy (non-hydrogen) atoms. The summed E-state index contributed by atoms with van der Waals surface area (Å²) in [4.78, 5) is 0.239. The number of nitrogens with one attached hydrogen (secondary N) is 1. The number of rotatable bonds is 5. The van der Waals surface area contributed by atoms with Crippen LogP contribution in [0.2, 0.25) is 5.02 Å². The third kappa shape index (κ3) is 3.95. The molecule has 1 aliphatic rings. The number of hydrogen-bond donors (Lipinski definition) is 1. The zero-order valence-corrected chi connectivity index (χ0v) is 13.1. The van der Waals surface area contributed by atoms with Crippen LogP contribution in [0.3, 0.4) is 0 Å². The lowest BCUT2D eigenvalue weighted by Gasteiger charge is -2.31. The molecule has 1 saturated carbocycles. The Kier molecular flexibility index (Phi) is 5.43. The van der Waals surface area contributed by atoms with Crippen molar-refractivity contribution in [3.05, 3.63) is 29.3 Å². The maximum Gasteiger partial charge on any atom is 0.240 e. The van der Waals surface area contributed by atoms with Gasteiger partial charge in [-0.2, -0.15) is 0 Å². The second kappa shape index (κ2) is 6.89. The maximum atomic E-state index is 12.4. The molecular weight excluding hydrogens is 298 g/mol. The van der Waals surface area contributed by atoms with Crippen LogP contribution in [-0.4, -0.2) is 27.2 Å². The van der Waals surface area contributed by atoms with Gasteiger partial charge in [-0.15, -0.1) is 0 Å². The van der Waals surface area contributed by atoms with Crippen LogP contribution < -0.4 is 4.72 Å². The average molecular weight is 318 g/mol. The number of ether oxygens (including phenoxy) is 1. The van der Waals surface area contributed by atoms with Gasteiger partial charge < -0.3 is 4.74 Å². The van der Waals surface area contributed by atoms with E-state index in [9.17, 15) is 8.42 Å². The third-order valence-corrected chi connectivity index (χ3v) is 5.27. The molecule has 2 atom stereocenters. The zero-order chi connectivity index (χ0) is 14.6. The number of hydrogen-bond acceptors (Lipinski definition) is 3. The van der Waals surface area contributed by atoms with Gasteiger partial charge in [0.2, 0.25) is 10.0 Å². The van der Waals surface area contributed by atoms with Crippen LogP contribution in [0.25, 0.3) is 0 Å². The van der Waals surface area contributed by atoms with E-state index in [0.29, 0.717) is 11.6 Å². The van der Waals surface area contributed by atoms with Crippen LogP contribution in [0.15, 0.2) is 29.2 Å². The van der Waals surface area contributed by atoms with Crippen LogP contribution in [0.1, 0.15) is 32.6 Å². The molecule has 4 nitrogen and oxygen atoms in total. The SMILES string of the molecule is CCO[C@H]1CCCC[C@H]1NS(=O)(=O)c1ccc(Cl)cc1. The minimum absolute atomic E-state index is 0.0316. The van der Waals surface area contributed by atoms with E-state index in [0.717, 1.165) is 25.7 Å². The Morgan fingerprint density at radius 2 is 1.90 bits per heavy atom. The summed E-state index contributed by atoms with van der Waals surface area (Å²) < 4.78 is 33.1. The van der Waals surface area contributed by atoms with E-state index in [2.05, 4.69) is 4.72 Å². The summed E-state index contributed by atoms with van der Waals surface area (Å²) in [5.41, 5.74) is 0. The Morgan fingerprint density at radius 1 is 1.25 bits per heavy atom. The first-order valence-corrected chi connectivity index (χ1v) is 8.78. The van der Waals surface area contributed by atoms with Crippen LogP contribution >= 0.6 is 11.6 Å². The van der Waals surface area contributed by atoms with Gasteiger partial charge >= 0.3 is 0 Å². The van der Waals surface area contributed by atoms with E-state index in [1.807, 2.05) is 6.92 Å². The molecule has 0 aliphatic heterocycles. The Balaban J connectivity index is 2.12. The van der Waals surface area contributed by atoms with Crippen molar-refractivity contribution < 1.29 is 13.2 Å². The first-order chi connectivity index (χ1) is 9.53. The van der Waals surface area contributed by atoms with Crippen LogP contribution in [0.5, 0.6) is 0 Å². The van der Waals surface area contributed by atoms with Gasteiger partial charge in [-0.3, -0.25) is 0 Å². The molecule has 0 heterocycles. The fourth-order valence-corrected chi connectivity index (χ4v) is 3.95. The minimum Gasteiger partial charge on any atom is -0.377 e. The number of halogens is 1. The fraction of sp³-hybridized carbons (Fsp3) is 0.571. The predicted molar refractivity (Wildman–Crippen MR) is 79.4 cm³/mol. The molecule has 0 aromatic heterocycles. The van der Waals surface area contributed by atoms with Gasteiger partial charge in [0.15, 0.2) is 0 Å². The van der Waals surface area contributed by atoms with Crippen LogP contribution in [-0.2, 0) is 14.8 Å². The highest BCUT2D eigenvalue weighted by Crippen LogP contribution is 2.23. The van der Waals surface area contributed by atoms with Crippen molar-refractivity contribution in [2.24, 2.45) is 0 Å². The van der Waals surface area contributed by atoms with Crippen molar-refractivity contribution >= 4 is 21.6 Å². The van der Waals surface area contributed by atoms with E-state index >= 15 is 0 Å². The highest BCUT2D eigenvalue weighted by Gasteiger charge is 2.29. The lowest BCUT2D eigenvalue weighted by atomic mass is 9.93. The van der Waals surface area contributed by atoms with Gasteiger partial charge in [-0.25, -0.2) is 13.1 Å². The highest BCUT2D eigenvalue weighted by atomic mass is 35.5. The van der Waals surface area contributed by atoms with Gasteiger partial charge in [0.25, 0.3) is 0 Å². The monoisotopic (exact) mass is 317 g/mol. The van der Waals surface area contributed by atoms with E-state index in [-0.39, 0.29) is 17.0 Å². The van der Waals surface area contributed by atoms with Crippen molar-refractivity contribution in [1.29, 1.82) is 0 Å². The molecule has 0 unspecified atom stereocenters. The first kappa shape index (κ1) is 15.8. The first-order valence-electron chi connectivity index (χ1n) is 6.92. The molecule has 0 amide bonds. The molecule has 1 aliphatic carbocycles. The summed E-state index contributed by atoms with van der Waals surface area (Å²) in [6.45, 7) is 2.53. The van der Waals surface area contributed by atoms with E-state index in [4.69, 9.17) is 16.3 Å². The standard InChI is InChI=1S/C14H20ClNO3S/c1-2-19-14-6-4-3-5-13(14)16-20(17,18)12-9-7-11(15)8-10-12/h7-10,13-14,16H,2-6H2,1H3/t13-,14+/m1/s1.